The molecule has 1 aliphatic carbocycles. The lowest BCUT2D eigenvalue weighted by Gasteiger charge is -2.28. The highest BCUT2D eigenvalue weighted by Gasteiger charge is 2.42. The van der Waals surface area contributed by atoms with Gasteiger partial charge in [-0.05, 0) is 62.8 Å². The number of rotatable bonds is 8. The van der Waals surface area contributed by atoms with Crippen LogP contribution in [0.15, 0.2) is 30.5 Å². The van der Waals surface area contributed by atoms with Crippen molar-refractivity contribution in [3.63, 3.8) is 0 Å². The van der Waals surface area contributed by atoms with Crippen LogP contribution in [0.25, 0.3) is 10.9 Å². The number of carbonyl (C=O) groups excluding carboxylic acids is 1. The van der Waals surface area contributed by atoms with E-state index in [9.17, 15) is 4.79 Å². The molecule has 0 atom stereocenters. The van der Waals surface area contributed by atoms with E-state index in [1.807, 2.05) is 24.3 Å². The second kappa shape index (κ2) is 8.49. The van der Waals surface area contributed by atoms with E-state index in [0.29, 0.717) is 13.2 Å². The minimum Gasteiger partial charge on any atom is -0.491 e. The van der Waals surface area contributed by atoms with E-state index in [4.69, 9.17) is 9.47 Å². The third-order valence-electron chi connectivity index (χ3n) is 4.85. The average molecular weight is 356 g/mol. The molecule has 1 saturated carbocycles. The summed E-state index contributed by atoms with van der Waals surface area (Å²) >= 11 is 0. The average Bonchev–Trinajstić information content (AvgIpc) is 3.16. The van der Waals surface area contributed by atoms with Crippen LogP contribution in [0.4, 0.5) is 5.69 Å². The Kier molecular flexibility index (Phi) is 6.09. The fourth-order valence-corrected chi connectivity index (χ4v) is 3.50. The van der Waals surface area contributed by atoms with E-state index in [0.717, 1.165) is 60.9 Å². The van der Waals surface area contributed by atoms with Gasteiger partial charge >= 0.3 is 0 Å². The molecular formula is C21H28N2O3. The highest BCUT2D eigenvalue weighted by molar-refractivity contribution is 6.05. The van der Waals surface area contributed by atoms with Crippen LogP contribution in [0, 0.1) is 0 Å². The van der Waals surface area contributed by atoms with E-state index in [-0.39, 0.29) is 5.91 Å². The van der Waals surface area contributed by atoms with Crippen LogP contribution in [0.3, 0.4) is 0 Å². The molecule has 2 aromatic rings. The maximum atomic E-state index is 13.1. The van der Waals surface area contributed by atoms with Crippen molar-refractivity contribution < 1.29 is 14.3 Å². The molecule has 1 aromatic heterocycles. The van der Waals surface area contributed by atoms with Crippen molar-refractivity contribution >= 4 is 22.5 Å². The summed E-state index contributed by atoms with van der Waals surface area (Å²) in [5.74, 6) is 0.703. The predicted octanol–water partition coefficient (Wildman–Crippen LogP) is 4.70. The SMILES string of the molecule is CCCOc1ccc(NC(=O)C2(OCCC)CCCC2)c2cccnc12. The minimum absolute atomic E-state index is 0.0455. The van der Waals surface area contributed by atoms with Crippen molar-refractivity contribution in [2.45, 2.75) is 58.0 Å². The largest absolute Gasteiger partial charge is 0.491 e. The normalized spacial score (nSPS) is 15.9. The molecule has 1 amide bonds. The molecule has 1 N–H and O–H groups in total. The Balaban J connectivity index is 1.87. The number of ether oxygens (including phenoxy) is 2. The molecule has 5 nitrogen and oxygen atoms in total. The summed E-state index contributed by atoms with van der Waals surface area (Å²) in [5.41, 5.74) is 0.837. The third-order valence-corrected chi connectivity index (χ3v) is 4.85. The van der Waals surface area contributed by atoms with Gasteiger partial charge in [0.05, 0.1) is 12.3 Å². The number of fused-ring (bicyclic) bond motifs is 1. The second-order valence-electron chi connectivity index (χ2n) is 6.86. The quantitative estimate of drug-likeness (QED) is 0.745. The first-order valence-corrected chi connectivity index (χ1v) is 9.66. The van der Waals surface area contributed by atoms with Gasteiger partial charge in [0, 0.05) is 18.2 Å². The summed E-state index contributed by atoms with van der Waals surface area (Å²) in [4.78, 5) is 17.5. The van der Waals surface area contributed by atoms with Gasteiger partial charge in [0.25, 0.3) is 5.91 Å². The van der Waals surface area contributed by atoms with Gasteiger partial charge in [-0.2, -0.15) is 0 Å². The van der Waals surface area contributed by atoms with Crippen LogP contribution in [-0.2, 0) is 9.53 Å². The molecule has 5 heteroatoms. The number of nitrogens with zero attached hydrogens (tertiary/aromatic N) is 1. The highest BCUT2D eigenvalue weighted by Crippen LogP contribution is 2.36. The molecule has 0 bridgehead atoms. The maximum absolute atomic E-state index is 13.1. The molecule has 140 valence electrons. The van der Waals surface area contributed by atoms with Crippen LogP contribution in [0.2, 0.25) is 0 Å². The second-order valence-corrected chi connectivity index (χ2v) is 6.86. The van der Waals surface area contributed by atoms with E-state index >= 15 is 0 Å². The maximum Gasteiger partial charge on any atom is 0.256 e. The lowest BCUT2D eigenvalue weighted by atomic mass is 10.00. The summed E-state index contributed by atoms with van der Waals surface area (Å²) in [5, 5.41) is 3.99. The van der Waals surface area contributed by atoms with Gasteiger partial charge < -0.3 is 14.8 Å². The number of pyridine rings is 1. The van der Waals surface area contributed by atoms with Crippen molar-refractivity contribution in [1.82, 2.24) is 4.98 Å². The zero-order valence-corrected chi connectivity index (χ0v) is 15.7. The van der Waals surface area contributed by atoms with Crippen molar-refractivity contribution in [2.24, 2.45) is 0 Å². The van der Waals surface area contributed by atoms with Gasteiger partial charge in [0.15, 0.2) is 0 Å². The third kappa shape index (κ3) is 3.83. The van der Waals surface area contributed by atoms with Gasteiger partial charge in [-0.1, -0.05) is 13.8 Å². The molecule has 0 saturated heterocycles. The monoisotopic (exact) mass is 356 g/mol. The van der Waals surface area contributed by atoms with Gasteiger partial charge in [0.2, 0.25) is 0 Å². The molecule has 0 radical (unpaired) electrons. The number of aromatic nitrogens is 1. The molecule has 0 aliphatic heterocycles. The molecule has 3 rings (SSSR count). The summed E-state index contributed by atoms with van der Waals surface area (Å²) in [7, 11) is 0. The Morgan fingerprint density at radius 2 is 1.92 bits per heavy atom. The Bertz CT molecular complexity index is 754. The van der Waals surface area contributed by atoms with Crippen LogP contribution in [0.1, 0.15) is 52.4 Å². The fraction of sp³-hybridized carbons (Fsp3) is 0.524. The number of anilines is 1. The standard InChI is InChI=1S/C21H28N2O3/c1-3-14-25-18-10-9-17(16-8-7-13-22-19(16)18)23-20(24)21(26-15-4-2)11-5-6-12-21/h7-10,13H,3-6,11-12,14-15H2,1-2H3,(H,23,24). The lowest BCUT2D eigenvalue weighted by Crippen LogP contribution is -2.43. The van der Waals surface area contributed by atoms with Gasteiger partial charge in [-0.15, -0.1) is 0 Å². The van der Waals surface area contributed by atoms with Gasteiger partial charge in [0.1, 0.15) is 16.9 Å². The van der Waals surface area contributed by atoms with Crippen LogP contribution in [0.5, 0.6) is 5.75 Å². The summed E-state index contributed by atoms with van der Waals surface area (Å²) in [6.07, 6.45) is 7.22. The Hall–Kier alpha value is -2.14. The highest BCUT2D eigenvalue weighted by atomic mass is 16.5. The zero-order valence-electron chi connectivity index (χ0n) is 15.7. The number of hydrogen-bond donors (Lipinski definition) is 1. The summed E-state index contributed by atoms with van der Waals surface area (Å²) in [6, 6.07) is 7.62. The Morgan fingerprint density at radius 1 is 1.15 bits per heavy atom. The molecule has 1 aliphatic rings. The number of amides is 1. The molecule has 0 spiro atoms. The molecule has 0 unspecified atom stereocenters. The molecule has 26 heavy (non-hydrogen) atoms. The van der Waals surface area contributed by atoms with Crippen molar-refractivity contribution in [3.05, 3.63) is 30.5 Å². The Labute approximate surface area is 155 Å². The van der Waals surface area contributed by atoms with E-state index in [2.05, 4.69) is 24.1 Å². The van der Waals surface area contributed by atoms with Gasteiger partial charge in [-0.3, -0.25) is 9.78 Å². The minimum atomic E-state index is -0.693. The van der Waals surface area contributed by atoms with Crippen molar-refractivity contribution in [2.75, 3.05) is 18.5 Å². The number of nitrogens with one attached hydrogen (secondary N) is 1. The molecular weight excluding hydrogens is 328 g/mol. The van der Waals surface area contributed by atoms with Crippen molar-refractivity contribution in [3.8, 4) is 5.75 Å². The zero-order chi connectivity index (χ0) is 18.4. The van der Waals surface area contributed by atoms with Crippen LogP contribution < -0.4 is 10.1 Å². The summed E-state index contributed by atoms with van der Waals surface area (Å²) < 4.78 is 11.8. The van der Waals surface area contributed by atoms with Crippen LogP contribution >= 0.6 is 0 Å². The lowest BCUT2D eigenvalue weighted by molar-refractivity contribution is -0.140. The first-order chi connectivity index (χ1) is 12.7. The molecule has 1 fully saturated rings. The summed E-state index contributed by atoms with van der Waals surface area (Å²) in [6.45, 7) is 5.39. The first kappa shape index (κ1) is 18.6. The number of carbonyl (C=O) groups is 1. The molecule has 1 heterocycles. The number of hydrogen-bond acceptors (Lipinski definition) is 4. The van der Waals surface area contributed by atoms with Gasteiger partial charge in [-0.25, -0.2) is 0 Å². The van der Waals surface area contributed by atoms with E-state index in [1.165, 1.54) is 0 Å². The fourth-order valence-electron chi connectivity index (χ4n) is 3.50. The predicted molar refractivity (Wildman–Crippen MR) is 104 cm³/mol. The van der Waals surface area contributed by atoms with E-state index < -0.39 is 5.60 Å². The first-order valence-electron chi connectivity index (χ1n) is 9.66. The topological polar surface area (TPSA) is 60.5 Å². The van der Waals surface area contributed by atoms with E-state index in [1.54, 1.807) is 6.20 Å². The molecule has 1 aromatic carbocycles. The number of benzene rings is 1. The van der Waals surface area contributed by atoms with Crippen LogP contribution in [-0.4, -0.2) is 29.7 Å². The van der Waals surface area contributed by atoms with Crippen molar-refractivity contribution in [1.29, 1.82) is 0 Å². The smallest absolute Gasteiger partial charge is 0.256 e. The Morgan fingerprint density at radius 3 is 2.65 bits per heavy atom.